The summed E-state index contributed by atoms with van der Waals surface area (Å²) in [6.07, 6.45) is 0.255. The normalized spacial score (nSPS) is 24.4. The van der Waals surface area contributed by atoms with Gasteiger partial charge in [-0.2, -0.15) is 0 Å². The number of fused-ring (bicyclic) bond motifs is 3. The van der Waals surface area contributed by atoms with Crippen LogP contribution in [-0.4, -0.2) is 68.5 Å². The summed E-state index contributed by atoms with van der Waals surface area (Å²) < 4.78 is 0. The number of carbonyl (C=O) groups excluding carboxylic acids is 3. The second kappa shape index (κ2) is 11.3. The van der Waals surface area contributed by atoms with Gasteiger partial charge in [0.25, 0.3) is 5.91 Å². The molecule has 7 N–H and O–H groups in total. The number of aliphatic hydroxyl groups is 3. The van der Waals surface area contributed by atoms with Crippen molar-refractivity contribution in [1.82, 2.24) is 10.2 Å². The molecule has 1 fully saturated rings. The Bertz CT molecular complexity index is 1780. The zero-order valence-electron chi connectivity index (χ0n) is 24.9. The number of amides is 1. The van der Waals surface area contributed by atoms with Crippen LogP contribution in [0, 0.1) is 11.8 Å². The summed E-state index contributed by atoms with van der Waals surface area (Å²) in [5, 5.41) is 48.6. The molecule has 4 atom stereocenters. The van der Waals surface area contributed by atoms with E-state index in [0.29, 0.717) is 12.1 Å². The number of benzene rings is 3. The van der Waals surface area contributed by atoms with Gasteiger partial charge in [-0.05, 0) is 66.7 Å². The van der Waals surface area contributed by atoms with Crippen LogP contribution in [0.2, 0.25) is 0 Å². The average molecular weight is 610 g/mol. The maximum Gasteiger partial charge on any atom is 0.255 e. The molecular weight excluding hydrogens is 574 g/mol. The van der Waals surface area contributed by atoms with Crippen LogP contribution in [0.3, 0.4) is 0 Å². The number of phenols is 1. The monoisotopic (exact) mass is 609 g/mol. The zero-order valence-corrected chi connectivity index (χ0v) is 24.9. The zero-order chi connectivity index (χ0) is 32.2. The minimum absolute atomic E-state index is 0.0346. The summed E-state index contributed by atoms with van der Waals surface area (Å²) in [7, 11) is 3.15. The average Bonchev–Trinajstić information content (AvgIpc) is 3.00. The molecule has 3 aliphatic carbocycles. The van der Waals surface area contributed by atoms with E-state index in [1.807, 2.05) is 42.5 Å². The highest BCUT2D eigenvalue weighted by atomic mass is 16.3. The maximum atomic E-state index is 14.0. The number of rotatable bonds is 7. The van der Waals surface area contributed by atoms with Gasteiger partial charge in [0.1, 0.15) is 22.8 Å². The Kier molecular flexibility index (Phi) is 7.60. The van der Waals surface area contributed by atoms with Crippen molar-refractivity contribution in [3.05, 3.63) is 106 Å². The molecule has 0 aliphatic heterocycles. The Morgan fingerprint density at radius 3 is 2.22 bits per heavy atom. The van der Waals surface area contributed by atoms with E-state index in [0.717, 1.165) is 23.2 Å². The fourth-order valence-corrected chi connectivity index (χ4v) is 7.26. The predicted octanol–water partition coefficient (Wildman–Crippen LogP) is 2.92. The summed E-state index contributed by atoms with van der Waals surface area (Å²) in [4.78, 5) is 41.0. The highest BCUT2D eigenvalue weighted by molar-refractivity contribution is 6.24. The molecule has 45 heavy (non-hydrogen) atoms. The summed E-state index contributed by atoms with van der Waals surface area (Å²) >= 11 is 0. The number of Topliss-reactive ketones (excluding diaryl/α,β-unsaturated/α-hetero) is 2. The van der Waals surface area contributed by atoms with Crippen LogP contribution in [0.1, 0.15) is 28.7 Å². The van der Waals surface area contributed by atoms with Gasteiger partial charge >= 0.3 is 0 Å². The van der Waals surface area contributed by atoms with Gasteiger partial charge < -0.3 is 31.5 Å². The van der Waals surface area contributed by atoms with Crippen LogP contribution in [0.15, 0.2) is 83.6 Å². The number of primary amides is 1. The molecule has 10 nitrogen and oxygen atoms in total. The van der Waals surface area contributed by atoms with Gasteiger partial charge in [-0.15, -0.1) is 0 Å². The number of nitrogens with two attached hydrogens (primary N) is 1. The number of carbonyl (C=O) groups is 3. The quantitative estimate of drug-likeness (QED) is 0.220. The van der Waals surface area contributed by atoms with Crippen LogP contribution in [0.4, 0.5) is 0 Å². The first kappa shape index (κ1) is 30.3. The van der Waals surface area contributed by atoms with Gasteiger partial charge in [-0.3, -0.25) is 19.3 Å². The third kappa shape index (κ3) is 4.82. The number of hydrogen-bond donors (Lipinski definition) is 6. The van der Waals surface area contributed by atoms with E-state index in [1.165, 1.54) is 16.5 Å². The Hall–Kier alpha value is -4.77. The molecule has 10 heteroatoms. The standard InChI is InChI=1S/C35H35N3O7/c1-38(2)29-24-15-21-14-23-22(20-10-8-19(9-11-20)17-37-16-18-6-4-3-5-7-18)12-13-25(39)27(23)30(40)26(21)32(42)35(24,45)33(43)28(31(29)41)34(36)44/h3-13,21,24,29,37,39-40,43,45H,14-17H2,1-2H3,(H2,36,44)/t21-,24-,29-,35-/m1/s1. The molecule has 0 bridgehead atoms. The van der Waals surface area contributed by atoms with Crippen molar-refractivity contribution in [3.63, 3.8) is 0 Å². The Morgan fingerprint density at radius 2 is 1.60 bits per heavy atom. The number of nitrogens with zero attached hydrogens (tertiary/aromatic N) is 1. The largest absolute Gasteiger partial charge is 0.508 e. The molecule has 0 heterocycles. The van der Waals surface area contributed by atoms with Crippen LogP contribution in [-0.2, 0) is 33.9 Å². The molecule has 3 aromatic rings. The molecular formula is C35H35N3O7. The third-order valence-electron chi connectivity index (χ3n) is 9.37. The smallest absolute Gasteiger partial charge is 0.255 e. The van der Waals surface area contributed by atoms with Crippen LogP contribution in [0.25, 0.3) is 16.9 Å². The number of aliphatic hydroxyl groups excluding tert-OH is 2. The molecule has 0 spiro atoms. The van der Waals surface area contributed by atoms with E-state index in [2.05, 4.69) is 17.4 Å². The van der Waals surface area contributed by atoms with Gasteiger partial charge in [0.15, 0.2) is 11.4 Å². The van der Waals surface area contributed by atoms with Crippen LogP contribution >= 0.6 is 0 Å². The second-order valence-electron chi connectivity index (χ2n) is 12.2. The minimum Gasteiger partial charge on any atom is -0.508 e. The Labute approximate surface area is 260 Å². The molecule has 6 rings (SSSR count). The van der Waals surface area contributed by atoms with Crippen LogP contribution in [0.5, 0.6) is 5.75 Å². The lowest BCUT2D eigenvalue weighted by Gasteiger charge is -2.50. The van der Waals surface area contributed by atoms with Gasteiger partial charge in [-0.1, -0.05) is 60.7 Å². The number of ketones is 2. The van der Waals surface area contributed by atoms with Crippen molar-refractivity contribution in [1.29, 1.82) is 0 Å². The fourth-order valence-electron chi connectivity index (χ4n) is 7.26. The Balaban J connectivity index is 1.37. The molecule has 1 amide bonds. The van der Waals surface area contributed by atoms with Crippen molar-refractivity contribution in [2.75, 3.05) is 14.1 Å². The van der Waals surface area contributed by atoms with Crippen molar-refractivity contribution >= 4 is 23.2 Å². The number of likely N-dealkylation sites (N-methyl/N-ethyl adjacent to an activating group) is 1. The lowest BCUT2D eigenvalue weighted by Crippen LogP contribution is -2.65. The maximum absolute atomic E-state index is 14.0. The van der Waals surface area contributed by atoms with Crippen molar-refractivity contribution in [3.8, 4) is 16.9 Å². The third-order valence-corrected chi connectivity index (χ3v) is 9.37. The molecule has 0 saturated heterocycles. The van der Waals surface area contributed by atoms with E-state index in [1.54, 1.807) is 20.2 Å². The molecule has 0 radical (unpaired) electrons. The van der Waals surface area contributed by atoms with Gasteiger partial charge in [-0.25, -0.2) is 0 Å². The summed E-state index contributed by atoms with van der Waals surface area (Å²) in [5.41, 5.74) is 6.27. The Morgan fingerprint density at radius 1 is 0.956 bits per heavy atom. The van der Waals surface area contributed by atoms with Crippen molar-refractivity contribution in [2.45, 2.75) is 37.6 Å². The summed E-state index contributed by atoms with van der Waals surface area (Å²) in [6.45, 7) is 1.39. The summed E-state index contributed by atoms with van der Waals surface area (Å²) in [5.74, 6) is -6.70. The molecule has 0 unspecified atom stereocenters. The molecule has 3 aliphatic rings. The lowest BCUT2D eigenvalue weighted by atomic mass is 9.57. The first-order valence-electron chi connectivity index (χ1n) is 14.8. The molecule has 3 aromatic carbocycles. The lowest BCUT2D eigenvalue weighted by molar-refractivity contribution is -0.153. The van der Waals surface area contributed by atoms with E-state index >= 15 is 0 Å². The summed E-state index contributed by atoms with van der Waals surface area (Å²) in [6, 6.07) is 20.1. The number of nitrogens with one attached hydrogen (secondary N) is 1. The number of hydrogen-bond acceptors (Lipinski definition) is 9. The van der Waals surface area contributed by atoms with Gasteiger partial charge in [0, 0.05) is 24.6 Å². The van der Waals surface area contributed by atoms with Crippen LogP contribution < -0.4 is 11.1 Å². The molecule has 0 aromatic heterocycles. The first-order chi connectivity index (χ1) is 21.4. The topological polar surface area (TPSA) is 173 Å². The predicted molar refractivity (Wildman–Crippen MR) is 167 cm³/mol. The van der Waals surface area contributed by atoms with E-state index < -0.39 is 58.0 Å². The highest BCUT2D eigenvalue weighted by Gasteiger charge is 2.64. The van der Waals surface area contributed by atoms with E-state index in [4.69, 9.17) is 5.73 Å². The van der Waals surface area contributed by atoms with E-state index in [-0.39, 0.29) is 29.7 Å². The minimum atomic E-state index is -2.66. The molecule has 1 saturated carbocycles. The SMILES string of the molecule is CN(C)[C@H]1C(=O)C(C(N)=O)=C(O)[C@]2(O)C(=O)C3=C(O)c4c(O)ccc(-c5ccc(CNCc6ccccc6)cc5)c4C[C@@H]3C[C@H]12. The number of phenolic OH excluding ortho intramolecular Hbond substituents is 1. The van der Waals surface area contributed by atoms with E-state index in [9.17, 15) is 34.8 Å². The fraction of sp³-hybridized carbons (Fsp3) is 0.286. The molecule has 232 valence electrons. The second-order valence-corrected chi connectivity index (χ2v) is 12.2. The van der Waals surface area contributed by atoms with Crippen molar-refractivity contribution < 1.29 is 34.8 Å². The number of aromatic hydroxyl groups is 1. The van der Waals surface area contributed by atoms with Gasteiger partial charge in [0.2, 0.25) is 5.78 Å². The first-order valence-corrected chi connectivity index (χ1v) is 14.8. The van der Waals surface area contributed by atoms with Crippen molar-refractivity contribution in [2.24, 2.45) is 17.6 Å². The highest BCUT2D eigenvalue weighted by Crippen LogP contribution is 2.53. The van der Waals surface area contributed by atoms with Gasteiger partial charge in [0.05, 0.1) is 11.6 Å².